The first-order valence-corrected chi connectivity index (χ1v) is 7.55. The van der Waals surface area contributed by atoms with Crippen LogP contribution in [-0.4, -0.2) is 23.8 Å². The standard InChI is InChI=1S/C15H17N3O2S/c1-3-10-4-6-11(7-5-10)8-17-13(19)12-9-21-15(18-12)14(20)16-2/h4-7,9H,3,8H2,1-2H3,(H,16,20)(H,17,19). The SMILES string of the molecule is CCc1ccc(CNC(=O)c2csc(C(=O)NC)n2)cc1. The third-order valence-corrected chi connectivity index (χ3v) is 3.88. The van der Waals surface area contributed by atoms with E-state index in [9.17, 15) is 9.59 Å². The molecule has 0 saturated carbocycles. The van der Waals surface area contributed by atoms with E-state index in [1.807, 2.05) is 24.3 Å². The fraction of sp³-hybridized carbons (Fsp3) is 0.267. The first-order chi connectivity index (χ1) is 10.1. The van der Waals surface area contributed by atoms with Crippen molar-refractivity contribution in [3.63, 3.8) is 0 Å². The van der Waals surface area contributed by atoms with Crippen molar-refractivity contribution >= 4 is 23.2 Å². The highest BCUT2D eigenvalue weighted by Gasteiger charge is 2.14. The van der Waals surface area contributed by atoms with E-state index >= 15 is 0 Å². The van der Waals surface area contributed by atoms with Crippen molar-refractivity contribution < 1.29 is 9.59 Å². The molecule has 21 heavy (non-hydrogen) atoms. The number of benzene rings is 1. The first kappa shape index (κ1) is 15.2. The maximum absolute atomic E-state index is 12.0. The van der Waals surface area contributed by atoms with E-state index in [0.717, 1.165) is 23.3 Å². The van der Waals surface area contributed by atoms with Crippen LogP contribution in [0.4, 0.5) is 0 Å². The Morgan fingerprint density at radius 1 is 1.14 bits per heavy atom. The van der Waals surface area contributed by atoms with E-state index in [2.05, 4.69) is 22.5 Å². The molecule has 0 radical (unpaired) electrons. The molecule has 2 rings (SSSR count). The third-order valence-electron chi connectivity index (χ3n) is 3.04. The first-order valence-electron chi connectivity index (χ1n) is 6.67. The van der Waals surface area contributed by atoms with E-state index < -0.39 is 0 Å². The number of aryl methyl sites for hydroxylation is 1. The predicted molar refractivity (Wildman–Crippen MR) is 82.5 cm³/mol. The summed E-state index contributed by atoms with van der Waals surface area (Å²) in [4.78, 5) is 27.4. The van der Waals surface area contributed by atoms with Gasteiger partial charge in [0.25, 0.3) is 11.8 Å². The summed E-state index contributed by atoms with van der Waals surface area (Å²) in [6, 6.07) is 8.09. The van der Waals surface area contributed by atoms with Gasteiger partial charge in [-0.15, -0.1) is 11.3 Å². The molecule has 1 aromatic carbocycles. The predicted octanol–water partition coefficient (Wildman–Crippen LogP) is 2.00. The van der Waals surface area contributed by atoms with E-state index in [4.69, 9.17) is 0 Å². The van der Waals surface area contributed by atoms with Gasteiger partial charge in [0.15, 0.2) is 5.01 Å². The number of hydrogen-bond donors (Lipinski definition) is 2. The average Bonchev–Trinajstić information content (AvgIpc) is 3.02. The molecule has 0 saturated heterocycles. The van der Waals surface area contributed by atoms with Gasteiger partial charge in [0.2, 0.25) is 0 Å². The van der Waals surface area contributed by atoms with Gasteiger partial charge in [-0.05, 0) is 17.5 Å². The van der Waals surface area contributed by atoms with Crippen LogP contribution in [0, 0.1) is 0 Å². The Balaban J connectivity index is 1.94. The van der Waals surface area contributed by atoms with Crippen molar-refractivity contribution in [2.75, 3.05) is 7.05 Å². The number of rotatable bonds is 5. The zero-order chi connectivity index (χ0) is 15.2. The summed E-state index contributed by atoms with van der Waals surface area (Å²) in [5.41, 5.74) is 2.56. The lowest BCUT2D eigenvalue weighted by Crippen LogP contribution is -2.24. The number of carbonyl (C=O) groups excluding carboxylic acids is 2. The molecule has 2 aromatic rings. The lowest BCUT2D eigenvalue weighted by Gasteiger charge is -2.04. The molecule has 5 nitrogen and oxygen atoms in total. The quantitative estimate of drug-likeness (QED) is 0.887. The van der Waals surface area contributed by atoms with Crippen LogP contribution in [0.2, 0.25) is 0 Å². The van der Waals surface area contributed by atoms with Crippen LogP contribution in [-0.2, 0) is 13.0 Å². The van der Waals surface area contributed by atoms with Crippen molar-refractivity contribution in [1.82, 2.24) is 15.6 Å². The van der Waals surface area contributed by atoms with Gasteiger partial charge in [-0.2, -0.15) is 0 Å². The van der Waals surface area contributed by atoms with Gasteiger partial charge in [0.1, 0.15) is 5.69 Å². The number of thiazole rings is 1. The Hall–Kier alpha value is -2.21. The van der Waals surface area contributed by atoms with E-state index in [-0.39, 0.29) is 22.5 Å². The number of nitrogens with zero attached hydrogens (tertiary/aromatic N) is 1. The molecule has 110 valence electrons. The highest BCUT2D eigenvalue weighted by Crippen LogP contribution is 2.10. The molecule has 0 bridgehead atoms. The summed E-state index contributed by atoms with van der Waals surface area (Å²) in [6.45, 7) is 2.54. The van der Waals surface area contributed by atoms with E-state index in [0.29, 0.717) is 6.54 Å². The van der Waals surface area contributed by atoms with E-state index in [1.54, 1.807) is 5.38 Å². The molecule has 0 atom stereocenters. The Morgan fingerprint density at radius 3 is 2.43 bits per heavy atom. The maximum atomic E-state index is 12.0. The van der Waals surface area contributed by atoms with Gasteiger partial charge >= 0.3 is 0 Å². The molecule has 0 aliphatic heterocycles. The molecule has 0 spiro atoms. The molecule has 0 unspecified atom stereocenters. The second-order valence-electron chi connectivity index (χ2n) is 4.47. The molecule has 1 heterocycles. The van der Waals surface area contributed by atoms with Crippen molar-refractivity contribution in [3.05, 3.63) is 51.5 Å². The summed E-state index contributed by atoms with van der Waals surface area (Å²) in [5, 5.41) is 7.15. The van der Waals surface area contributed by atoms with Gasteiger partial charge in [-0.3, -0.25) is 9.59 Å². The molecular weight excluding hydrogens is 286 g/mol. The lowest BCUT2D eigenvalue weighted by molar-refractivity contribution is 0.0946. The van der Waals surface area contributed by atoms with Crippen LogP contribution >= 0.6 is 11.3 Å². The number of amides is 2. The second-order valence-corrected chi connectivity index (χ2v) is 5.33. The third kappa shape index (κ3) is 3.88. The minimum atomic E-state index is -0.283. The number of hydrogen-bond acceptors (Lipinski definition) is 4. The largest absolute Gasteiger partial charge is 0.353 e. The number of carbonyl (C=O) groups is 2. The lowest BCUT2D eigenvalue weighted by atomic mass is 10.1. The Bertz CT molecular complexity index is 635. The zero-order valence-corrected chi connectivity index (χ0v) is 12.8. The summed E-state index contributed by atoms with van der Waals surface area (Å²) in [5.74, 6) is -0.560. The molecule has 2 N–H and O–H groups in total. The molecule has 0 aliphatic rings. The van der Waals surface area contributed by atoms with Crippen LogP contribution in [0.3, 0.4) is 0 Å². The topological polar surface area (TPSA) is 71.1 Å². The van der Waals surface area contributed by atoms with Crippen molar-refractivity contribution in [3.8, 4) is 0 Å². The fourth-order valence-electron chi connectivity index (χ4n) is 1.75. The highest BCUT2D eigenvalue weighted by atomic mass is 32.1. The number of aromatic nitrogens is 1. The zero-order valence-electron chi connectivity index (χ0n) is 12.0. The van der Waals surface area contributed by atoms with Gasteiger partial charge in [-0.25, -0.2) is 4.98 Å². The summed E-state index contributed by atoms with van der Waals surface area (Å²) in [7, 11) is 1.53. The monoisotopic (exact) mass is 303 g/mol. The van der Waals surface area contributed by atoms with Gasteiger partial charge < -0.3 is 10.6 Å². The van der Waals surface area contributed by atoms with Gasteiger partial charge in [0, 0.05) is 19.0 Å². The van der Waals surface area contributed by atoms with Crippen LogP contribution in [0.15, 0.2) is 29.6 Å². The fourth-order valence-corrected chi connectivity index (χ4v) is 2.50. The molecule has 0 fully saturated rings. The minimum absolute atomic E-state index is 0.267. The summed E-state index contributed by atoms with van der Waals surface area (Å²) >= 11 is 1.15. The van der Waals surface area contributed by atoms with Crippen molar-refractivity contribution in [1.29, 1.82) is 0 Å². The van der Waals surface area contributed by atoms with Gasteiger partial charge in [-0.1, -0.05) is 31.2 Å². The average molecular weight is 303 g/mol. The Morgan fingerprint density at radius 2 is 1.81 bits per heavy atom. The molecule has 2 amide bonds. The smallest absolute Gasteiger partial charge is 0.280 e. The van der Waals surface area contributed by atoms with Gasteiger partial charge in [0.05, 0.1) is 0 Å². The van der Waals surface area contributed by atoms with Crippen LogP contribution in [0.25, 0.3) is 0 Å². The minimum Gasteiger partial charge on any atom is -0.353 e. The number of nitrogens with one attached hydrogen (secondary N) is 2. The van der Waals surface area contributed by atoms with Crippen LogP contribution < -0.4 is 10.6 Å². The second kappa shape index (κ2) is 6.99. The molecular formula is C15H17N3O2S. The van der Waals surface area contributed by atoms with Crippen molar-refractivity contribution in [2.24, 2.45) is 0 Å². The molecule has 1 aromatic heterocycles. The maximum Gasteiger partial charge on any atom is 0.280 e. The highest BCUT2D eigenvalue weighted by molar-refractivity contribution is 7.11. The Labute approximate surface area is 127 Å². The molecule has 6 heteroatoms. The Kier molecular flexibility index (Phi) is 5.05. The van der Waals surface area contributed by atoms with E-state index in [1.165, 1.54) is 12.6 Å². The summed E-state index contributed by atoms with van der Waals surface area (Å²) in [6.07, 6.45) is 0.994. The summed E-state index contributed by atoms with van der Waals surface area (Å²) < 4.78 is 0. The van der Waals surface area contributed by atoms with Crippen LogP contribution in [0.5, 0.6) is 0 Å². The van der Waals surface area contributed by atoms with Crippen LogP contribution in [0.1, 0.15) is 38.3 Å². The van der Waals surface area contributed by atoms with Crippen molar-refractivity contribution in [2.45, 2.75) is 19.9 Å². The normalized spacial score (nSPS) is 10.2. The molecule has 0 aliphatic carbocycles.